The van der Waals surface area contributed by atoms with Crippen LogP contribution in [0.3, 0.4) is 0 Å². The first-order valence-corrected chi connectivity index (χ1v) is 9.06. The van der Waals surface area contributed by atoms with Crippen molar-refractivity contribution in [3.63, 3.8) is 0 Å². The Balaban J connectivity index is 1.76. The van der Waals surface area contributed by atoms with E-state index in [0.29, 0.717) is 15.9 Å². The Hall–Kier alpha value is -2.23. The van der Waals surface area contributed by atoms with Crippen LogP contribution in [0.1, 0.15) is 25.7 Å². The molecule has 1 aromatic rings. The monoisotopic (exact) mass is 446 g/mol. The van der Waals surface area contributed by atoms with E-state index in [-0.39, 0.29) is 19.4 Å². The van der Waals surface area contributed by atoms with Gasteiger partial charge in [0.25, 0.3) is 5.91 Å². The summed E-state index contributed by atoms with van der Waals surface area (Å²) in [6.45, 7) is -0.685. The number of carboxylic acids is 1. The number of rotatable bonds is 4. The van der Waals surface area contributed by atoms with Crippen LogP contribution in [-0.4, -0.2) is 47.5 Å². The van der Waals surface area contributed by atoms with Crippen LogP contribution in [0.15, 0.2) is 22.7 Å². The Bertz CT molecular complexity index is 792. The van der Waals surface area contributed by atoms with Gasteiger partial charge in [-0.1, -0.05) is 15.9 Å². The first kappa shape index (κ1) is 19.5. The zero-order valence-electron chi connectivity index (χ0n) is 14.1. The SMILES string of the molecule is O=C(CN1C(=O)COc2ccc(Br)cc21)NC1(C(=O)O)CCC(F)(F)CC1. The molecule has 2 amide bonds. The lowest BCUT2D eigenvalue weighted by atomic mass is 9.79. The molecule has 1 saturated carbocycles. The summed E-state index contributed by atoms with van der Waals surface area (Å²) in [5.41, 5.74) is -1.39. The summed E-state index contributed by atoms with van der Waals surface area (Å²) >= 11 is 3.28. The molecule has 1 fully saturated rings. The molecule has 10 heteroatoms. The first-order chi connectivity index (χ1) is 12.6. The van der Waals surface area contributed by atoms with Crippen LogP contribution in [0.4, 0.5) is 14.5 Å². The minimum Gasteiger partial charge on any atom is -0.482 e. The van der Waals surface area contributed by atoms with Crippen molar-refractivity contribution in [2.24, 2.45) is 0 Å². The van der Waals surface area contributed by atoms with Crippen molar-refractivity contribution in [1.82, 2.24) is 5.32 Å². The molecule has 7 nitrogen and oxygen atoms in total. The number of ether oxygens (including phenoxy) is 1. The molecular formula is C17H17BrF2N2O5. The molecule has 27 heavy (non-hydrogen) atoms. The minimum absolute atomic E-state index is 0.252. The Morgan fingerprint density at radius 2 is 1.93 bits per heavy atom. The molecule has 1 aliphatic carbocycles. The van der Waals surface area contributed by atoms with Crippen LogP contribution in [0.5, 0.6) is 5.75 Å². The van der Waals surface area contributed by atoms with Crippen molar-refractivity contribution in [3.05, 3.63) is 22.7 Å². The molecule has 0 aromatic heterocycles. The molecule has 1 heterocycles. The fourth-order valence-electron chi connectivity index (χ4n) is 3.23. The Labute approximate surface area is 161 Å². The van der Waals surface area contributed by atoms with E-state index in [9.17, 15) is 28.3 Å². The predicted octanol–water partition coefficient (Wildman–Crippen LogP) is 2.32. The van der Waals surface area contributed by atoms with Gasteiger partial charge in [-0.15, -0.1) is 0 Å². The molecule has 0 bridgehead atoms. The number of hydrogen-bond donors (Lipinski definition) is 2. The average Bonchev–Trinajstić information content (AvgIpc) is 2.59. The summed E-state index contributed by atoms with van der Waals surface area (Å²) in [5, 5.41) is 11.9. The average molecular weight is 447 g/mol. The maximum atomic E-state index is 13.4. The van der Waals surface area contributed by atoms with E-state index >= 15 is 0 Å². The Kier molecular flexibility index (Phi) is 5.11. The van der Waals surface area contributed by atoms with Gasteiger partial charge in [-0.2, -0.15) is 0 Å². The van der Waals surface area contributed by atoms with Gasteiger partial charge in [0.1, 0.15) is 17.8 Å². The van der Waals surface area contributed by atoms with Gasteiger partial charge in [0.2, 0.25) is 11.8 Å². The van der Waals surface area contributed by atoms with Crippen molar-refractivity contribution < 1.29 is 33.0 Å². The van der Waals surface area contributed by atoms with Crippen molar-refractivity contribution in [3.8, 4) is 5.75 Å². The lowest BCUT2D eigenvalue weighted by Gasteiger charge is -2.38. The number of benzene rings is 1. The smallest absolute Gasteiger partial charge is 0.329 e. The topological polar surface area (TPSA) is 95.9 Å². The quantitative estimate of drug-likeness (QED) is 0.739. The predicted molar refractivity (Wildman–Crippen MR) is 93.9 cm³/mol. The molecule has 146 valence electrons. The number of anilines is 1. The molecule has 0 radical (unpaired) electrons. The van der Waals surface area contributed by atoms with E-state index < -0.39 is 48.6 Å². The number of carbonyl (C=O) groups excluding carboxylic acids is 2. The van der Waals surface area contributed by atoms with Crippen LogP contribution in [0.25, 0.3) is 0 Å². The molecule has 2 aliphatic rings. The van der Waals surface area contributed by atoms with Gasteiger partial charge in [-0.05, 0) is 31.0 Å². The highest BCUT2D eigenvalue weighted by Gasteiger charge is 2.49. The molecule has 3 rings (SSSR count). The molecule has 1 aliphatic heterocycles. The fraction of sp³-hybridized carbons (Fsp3) is 0.471. The standard InChI is InChI=1S/C17H17BrF2N2O5/c18-10-1-2-12-11(7-10)22(14(24)9-27-12)8-13(23)21-16(15(25)26)3-5-17(19,20)6-4-16/h1-2,7H,3-6,8-9H2,(H,21,23)(H,25,26). The van der Waals surface area contributed by atoms with Crippen molar-refractivity contribution in [2.45, 2.75) is 37.1 Å². The lowest BCUT2D eigenvalue weighted by Crippen LogP contribution is -2.59. The van der Waals surface area contributed by atoms with E-state index in [1.807, 2.05) is 0 Å². The summed E-state index contributed by atoms with van der Waals surface area (Å²) in [6, 6.07) is 4.96. The summed E-state index contributed by atoms with van der Waals surface area (Å²) in [5.74, 6) is -5.08. The van der Waals surface area contributed by atoms with Gasteiger partial charge in [0.15, 0.2) is 6.61 Å². The van der Waals surface area contributed by atoms with Crippen LogP contribution in [-0.2, 0) is 14.4 Å². The van der Waals surface area contributed by atoms with Gasteiger partial charge < -0.3 is 15.2 Å². The highest BCUT2D eigenvalue weighted by molar-refractivity contribution is 9.10. The summed E-state index contributed by atoms with van der Waals surface area (Å²) < 4.78 is 32.8. The van der Waals surface area contributed by atoms with E-state index in [2.05, 4.69) is 21.2 Å². The lowest BCUT2D eigenvalue weighted by molar-refractivity contribution is -0.153. The van der Waals surface area contributed by atoms with Gasteiger partial charge in [0, 0.05) is 17.3 Å². The maximum Gasteiger partial charge on any atom is 0.329 e. The molecule has 0 spiro atoms. The molecule has 2 N–H and O–H groups in total. The number of fused-ring (bicyclic) bond motifs is 1. The van der Waals surface area contributed by atoms with Crippen LogP contribution in [0.2, 0.25) is 0 Å². The summed E-state index contributed by atoms with van der Waals surface area (Å²) in [7, 11) is 0. The number of amides is 2. The molecular weight excluding hydrogens is 430 g/mol. The van der Waals surface area contributed by atoms with E-state index in [4.69, 9.17) is 4.74 Å². The van der Waals surface area contributed by atoms with Gasteiger partial charge in [-0.25, -0.2) is 13.6 Å². The molecule has 1 aromatic carbocycles. The zero-order chi connectivity index (χ0) is 19.8. The number of carbonyl (C=O) groups is 3. The second-order valence-electron chi connectivity index (χ2n) is 6.67. The summed E-state index contributed by atoms with van der Waals surface area (Å²) in [4.78, 5) is 37.5. The number of hydrogen-bond acceptors (Lipinski definition) is 4. The fourth-order valence-corrected chi connectivity index (χ4v) is 3.58. The summed E-state index contributed by atoms with van der Waals surface area (Å²) in [6.07, 6.45) is -1.99. The third-order valence-corrected chi connectivity index (χ3v) is 5.28. The van der Waals surface area contributed by atoms with Gasteiger partial charge in [-0.3, -0.25) is 14.5 Å². The van der Waals surface area contributed by atoms with E-state index in [1.54, 1.807) is 18.2 Å². The van der Waals surface area contributed by atoms with Crippen molar-refractivity contribution >= 4 is 39.4 Å². The van der Waals surface area contributed by atoms with Gasteiger partial charge >= 0.3 is 5.97 Å². The van der Waals surface area contributed by atoms with Crippen LogP contribution >= 0.6 is 15.9 Å². The number of carboxylic acid groups (broad SMARTS) is 1. The van der Waals surface area contributed by atoms with Crippen LogP contribution in [0, 0.1) is 0 Å². The molecule has 0 atom stereocenters. The third-order valence-electron chi connectivity index (χ3n) is 4.79. The minimum atomic E-state index is -2.94. The Morgan fingerprint density at radius 1 is 1.26 bits per heavy atom. The van der Waals surface area contributed by atoms with Gasteiger partial charge in [0.05, 0.1) is 5.69 Å². The molecule has 0 saturated heterocycles. The van der Waals surface area contributed by atoms with E-state index in [1.165, 1.54) is 4.90 Å². The Morgan fingerprint density at radius 3 is 2.56 bits per heavy atom. The second kappa shape index (κ2) is 7.06. The zero-order valence-corrected chi connectivity index (χ0v) is 15.7. The van der Waals surface area contributed by atoms with Crippen LogP contribution < -0.4 is 15.0 Å². The molecule has 0 unspecified atom stereocenters. The number of alkyl halides is 2. The second-order valence-corrected chi connectivity index (χ2v) is 7.59. The number of nitrogens with one attached hydrogen (secondary N) is 1. The van der Waals surface area contributed by atoms with E-state index in [0.717, 1.165) is 0 Å². The number of halogens is 3. The van der Waals surface area contributed by atoms with Crippen molar-refractivity contribution in [1.29, 1.82) is 0 Å². The third kappa shape index (κ3) is 4.05. The largest absolute Gasteiger partial charge is 0.482 e. The highest BCUT2D eigenvalue weighted by atomic mass is 79.9. The highest BCUT2D eigenvalue weighted by Crippen LogP contribution is 2.39. The van der Waals surface area contributed by atoms with Crippen molar-refractivity contribution in [2.75, 3.05) is 18.1 Å². The number of nitrogens with zero attached hydrogens (tertiary/aromatic N) is 1. The number of aliphatic carboxylic acids is 1. The normalized spacial score (nSPS) is 20.4. The maximum absolute atomic E-state index is 13.4. The first-order valence-electron chi connectivity index (χ1n) is 8.27.